The van der Waals surface area contributed by atoms with Gasteiger partial charge in [0.05, 0.1) is 11.7 Å². The largest absolute Gasteiger partial charge is 0.346 e. The number of nitrogens with zero attached hydrogens (tertiary/aromatic N) is 3. The van der Waals surface area contributed by atoms with Crippen LogP contribution in [0.25, 0.3) is 22.1 Å². The molecule has 3 heterocycles. The summed E-state index contributed by atoms with van der Waals surface area (Å²) >= 11 is 0. The average Bonchev–Trinajstić information content (AvgIpc) is 2.89. The third-order valence-corrected chi connectivity index (χ3v) is 3.32. The van der Waals surface area contributed by atoms with Gasteiger partial charge in [-0.1, -0.05) is 0 Å². The molecule has 1 fully saturated rings. The molecule has 0 atom stereocenters. The van der Waals surface area contributed by atoms with Crippen LogP contribution in [-0.4, -0.2) is 19.5 Å². The quantitative estimate of drug-likeness (QED) is 0.673. The second kappa shape index (κ2) is 2.64. The fourth-order valence-electron chi connectivity index (χ4n) is 2.49. The zero-order valence-electron chi connectivity index (χ0n) is 9.07. The van der Waals surface area contributed by atoms with Gasteiger partial charge in [0.1, 0.15) is 17.0 Å². The highest BCUT2D eigenvalue weighted by Crippen LogP contribution is 2.39. The number of imidazole rings is 1. The number of fused-ring (bicyclic) bond motifs is 3. The van der Waals surface area contributed by atoms with Crippen molar-refractivity contribution in [3.05, 3.63) is 24.3 Å². The van der Waals surface area contributed by atoms with Crippen LogP contribution in [0.5, 0.6) is 0 Å². The van der Waals surface area contributed by atoms with Crippen LogP contribution in [-0.2, 0) is 0 Å². The number of hydrogen-bond donors (Lipinski definition) is 1. The summed E-state index contributed by atoms with van der Waals surface area (Å²) in [6.07, 6.45) is 6.36. The molecule has 0 unspecified atom stereocenters. The highest BCUT2D eigenvalue weighted by Gasteiger charge is 2.27. The standard InChI is InChI=1S/C12H12N4/c1-7-15-10-6-14-12-9(4-5-13-12)11(10)16(7)8-2-3-8/h4-6,8H,2-3H2,1H3,(H,13,14). The molecule has 4 rings (SSSR count). The SMILES string of the molecule is Cc1nc2cnc3[nH]ccc3c2n1C1CC1. The second-order valence-corrected chi connectivity index (χ2v) is 4.49. The van der Waals surface area contributed by atoms with E-state index in [4.69, 9.17) is 0 Å². The van der Waals surface area contributed by atoms with Crippen LogP contribution in [0.1, 0.15) is 24.7 Å². The molecule has 0 bridgehead atoms. The van der Waals surface area contributed by atoms with Crippen molar-refractivity contribution in [2.75, 3.05) is 0 Å². The first-order chi connectivity index (χ1) is 7.84. The van der Waals surface area contributed by atoms with Gasteiger partial charge in [0.25, 0.3) is 0 Å². The van der Waals surface area contributed by atoms with Crippen LogP contribution in [0.4, 0.5) is 0 Å². The fourth-order valence-corrected chi connectivity index (χ4v) is 2.49. The molecule has 4 nitrogen and oxygen atoms in total. The number of aromatic amines is 1. The summed E-state index contributed by atoms with van der Waals surface area (Å²) in [7, 11) is 0. The molecule has 0 saturated heterocycles. The number of aromatic nitrogens is 4. The molecule has 0 amide bonds. The number of rotatable bonds is 1. The van der Waals surface area contributed by atoms with Gasteiger partial charge in [-0.15, -0.1) is 0 Å². The minimum absolute atomic E-state index is 0.658. The van der Waals surface area contributed by atoms with E-state index in [2.05, 4.69) is 32.5 Å². The first-order valence-corrected chi connectivity index (χ1v) is 5.65. The Balaban J connectivity index is 2.24. The Labute approximate surface area is 92.3 Å². The van der Waals surface area contributed by atoms with E-state index in [1.165, 1.54) is 23.7 Å². The van der Waals surface area contributed by atoms with E-state index in [1.807, 2.05) is 12.4 Å². The lowest BCUT2D eigenvalue weighted by Gasteiger charge is -2.04. The Morgan fingerprint density at radius 2 is 2.31 bits per heavy atom. The molecule has 0 aliphatic heterocycles. The molecule has 1 aliphatic carbocycles. The van der Waals surface area contributed by atoms with Gasteiger partial charge in [-0.2, -0.15) is 0 Å². The van der Waals surface area contributed by atoms with Crippen molar-refractivity contribution in [2.45, 2.75) is 25.8 Å². The predicted octanol–water partition coefficient (Wildman–Crippen LogP) is 2.56. The van der Waals surface area contributed by atoms with Crippen molar-refractivity contribution < 1.29 is 0 Å². The molecule has 1 N–H and O–H groups in total. The van der Waals surface area contributed by atoms with Crippen molar-refractivity contribution in [1.29, 1.82) is 0 Å². The maximum absolute atomic E-state index is 4.59. The summed E-state index contributed by atoms with van der Waals surface area (Å²) in [4.78, 5) is 12.1. The van der Waals surface area contributed by atoms with Gasteiger partial charge in [0, 0.05) is 17.6 Å². The number of hydrogen-bond acceptors (Lipinski definition) is 2. The zero-order chi connectivity index (χ0) is 10.7. The highest BCUT2D eigenvalue weighted by molar-refractivity contribution is 6.01. The summed E-state index contributed by atoms with van der Waals surface area (Å²) in [6.45, 7) is 2.08. The van der Waals surface area contributed by atoms with E-state index >= 15 is 0 Å². The Morgan fingerprint density at radius 3 is 3.12 bits per heavy atom. The van der Waals surface area contributed by atoms with Crippen LogP contribution < -0.4 is 0 Å². The fraction of sp³-hybridized carbons (Fsp3) is 0.333. The molecule has 80 valence electrons. The van der Waals surface area contributed by atoms with E-state index in [0.717, 1.165) is 17.0 Å². The first-order valence-electron chi connectivity index (χ1n) is 5.65. The monoisotopic (exact) mass is 212 g/mol. The normalized spacial score (nSPS) is 16.3. The van der Waals surface area contributed by atoms with Crippen LogP contribution in [0, 0.1) is 6.92 Å². The number of nitrogens with one attached hydrogen (secondary N) is 1. The maximum atomic E-state index is 4.59. The van der Waals surface area contributed by atoms with Crippen LogP contribution in [0.15, 0.2) is 18.5 Å². The maximum Gasteiger partial charge on any atom is 0.139 e. The van der Waals surface area contributed by atoms with Crippen molar-refractivity contribution in [3.8, 4) is 0 Å². The van der Waals surface area contributed by atoms with Crippen LogP contribution in [0.3, 0.4) is 0 Å². The summed E-state index contributed by atoms with van der Waals surface area (Å²) in [5, 5.41) is 1.19. The van der Waals surface area contributed by atoms with Gasteiger partial charge in [-0.3, -0.25) is 0 Å². The molecule has 3 aromatic rings. The second-order valence-electron chi connectivity index (χ2n) is 4.49. The van der Waals surface area contributed by atoms with Crippen molar-refractivity contribution >= 4 is 22.1 Å². The van der Waals surface area contributed by atoms with E-state index in [1.54, 1.807) is 0 Å². The van der Waals surface area contributed by atoms with E-state index in [0.29, 0.717) is 6.04 Å². The molecule has 4 heteroatoms. The van der Waals surface area contributed by atoms with Gasteiger partial charge in [0.15, 0.2) is 0 Å². The molecule has 1 aliphatic rings. The molecule has 16 heavy (non-hydrogen) atoms. The zero-order valence-corrected chi connectivity index (χ0v) is 9.07. The molecular formula is C12H12N4. The lowest BCUT2D eigenvalue weighted by molar-refractivity contribution is 0.735. The summed E-state index contributed by atoms with van der Waals surface area (Å²) in [5.74, 6) is 1.10. The molecule has 0 radical (unpaired) electrons. The van der Waals surface area contributed by atoms with Crippen LogP contribution >= 0.6 is 0 Å². The van der Waals surface area contributed by atoms with E-state index in [-0.39, 0.29) is 0 Å². The number of aryl methyl sites for hydroxylation is 1. The Morgan fingerprint density at radius 1 is 1.44 bits per heavy atom. The van der Waals surface area contributed by atoms with Gasteiger partial charge in [-0.05, 0) is 25.8 Å². The first kappa shape index (κ1) is 8.33. The summed E-state index contributed by atoms with van der Waals surface area (Å²) in [6, 6.07) is 2.75. The van der Waals surface area contributed by atoms with Crippen molar-refractivity contribution in [1.82, 2.24) is 19.5 Å². The Hall–Kier alpha value is -1.84. The highest BCUT2D eigenvalue weighted by atomic mass is 15.1. The smallest absolute Gasteiger partial charge is 0.139 e. The minimum atomic E-state index is 0.658. The van der Waals surface area contributed by atoms with Crippen molar-refractivity contribution in [3.63, 3.8) is 0 Å². The Bertz CT molecular complexity index is 687. The minimum Gasteiger partial charge on any atom is -0.346 e. The molecule has 0 spiro atoms. The van der Waals surface area contributed by atoms with Gasteiger partial charge in [-0.25, -0.2) is 9.97 Å². The van der Waals surface area contributed by atoms with Crippen LogP contribution in [0.2, 0.25) is 0 Å². The number of H-pyrrole nitrogens is 1. The van der Waals surface area contributed by atoms with E-state index in [9.17, 15) is 0 Å². The molecule has 1 saturated carbocycles. The van der Waals surface area contributed by atoms with E-state index < -0.39 is 0 Å². The summed E-state index contributed by atoms with van der Waals surface area (Å²) in [5.41, 5.74) is 3.21. The molecule has 0 aromatic carbocycles. The van der Waals surface area contributed by atoms with Gasteiger partial charge >= 0.3 is 0 Å². The third kappa shape index (κ3) is 0.939. The molecule has 3 aromatic heterocycles. The third-order valence-electron chi connectivity index (χ3n) is 3.32. The predicted molar refractivity (Wildman–Crippen MR) is 62.4 cm³/mol. The Kier molecular flexibility index (Phi) is 1.37. The number of pyridine rings is 1. The van der Waals surface area contributed by atoms with Crippen molar-refractivity contribution in [2.24, 2.45) is 0 Å². The molecular weight excluding hydrogens is 200 g/mol. The van der Waals surface area contributed by atoms with Gasteiger partial charge in [0.2, 0.25) is 0 Å². The average molecular weight is 212 g/mol. The topological polar surface area (TPSA) is 46.5 Å². The lowest BCUT2D eigenvalue weighted by Crippen LogP contribution is -1.96. The lowest BCUT2D eigenvalue weighted by atomic mass is 10.3. The summed E-state index contributed by atoms with van der Waals surface area (Å²) < 4.78 is 2.37. The van der Waals surface area contributed by atoms with Gasteiger partial charge < -0.3 is 9.55 Å².